The Morgan fingerprint density at radius 3 is 2.57 bits per heavy atom. The molecule has 28 heavy (non-hydrogen) atoms. The molecule has 0 atom stereocenters. The number of aromatic nitrogens is 2. The maximum atomic E-state index is 5.69. The zero-order valence-electron chi connectivity index (χ0n) is 15.3. The Morgan fingerprint density at radius 2 is 1.71 bits per heavy atom. The second kappa shape index (κ2) is 8.34. The van der Waals surface area contributed by atoms with Gasteiger partial charge in [0.05, 0.1) is 13.7 Å². The van der Waals surface area contributed by atoms with Crippen molar-refractivity contribution in [1.29, 1.82) is 0 Å². The van der Waals surface area contributed by atoms with Crippen molar-refractivity contribution in [1.82, 2.24) is 9.97 Å². The van der Waals surface area contributed by atoms with Gasteiger partial charge in [-0.25, -0.2) is 9.97 Å². The highest BCUT2D eigenvalue weighted by atomic mass is 16.7. The van der Waals surface area contributed by atoms with Crippen LogP contribution in [0.5, 0.6) is 23.0 Å². The molecule has 0 unspecified atom stereocenters. The fraction of sp³-hybridized carbons (Fsp3) is 0.200. The van der Waals surface area contributed by atoms with Crippen LogP contribution in [0.2, 0.25) is 0 Å². The van der Waals surface area contributed by atoms with Crippen molar-refractivity contribution in [2.24, 2.45) is 0 Å². The summed E-state index contributed by atoms with van der Waals surface area (Å²) in [6, 6.07) is 14.9. The Kier molecular flexibility index (Phi) is 5.28. The fourth-order valence-corrected chi connectivity index (χ4v) is 2.66. The van der Waals surface area contributed by atoms with Crippen LogP contribution in [0.15, 0.2) is 54.9 Å². The molecule has 144 valence electrons. The molecule has 0 radical (unpaired) electrons. The average molecular weight is 380 g/mol. The molecule has 0 bridgehead atoms. The summed E-state index contributed by atoms with van der Waals surface area (Å²) in [5.41, 5.74) is 0.858. The van der Waals surface area contributed by atoms with E-state index in [0.29, 0.717) is 30.5 Å². The van der Waals surface area contributed by atoms with Crippen LogP contribution in [0.4, 0.5) is 17.3 Å². The Balaban J connectivity index is 1.28. The van der Waals surface area contributed by atoms with Crippen molar-refractivity contribution in [3.8, 4) is 23.0 Å². The number of methoxy groups -OCH3 is 1. The Bertz CT molecular complexity index is 934. The molecule has 1 aliphatic heterocycles. The summed E-state index contributed by atoms with van der Waals surface area (Å²) in [5.74, 6) is 4.42. The fourth-order valence-electron chi connectivity index (χ4n) is 2.66. The third kappa shape index (κ3) is 4.35. The quantitative estimate of drug-likeness (QED) is 0.575. The number of ether oxygens (including phenoxy) is 4. The first-order chi connectivity index (χ1) is 13.8. The molecule has 1 aromatic heterocycles. The van der Waals surface area contributed by atoms with Gasteiger partial charge in [-0.15, -0.1) is 0 Å². The van der Waals surface area contributed by atoms with Crippen LogP contribution >= 0.6 is 0 Å². The number of rotatable bonds is 8. The van der Waals surface area contributed by atoms with Gasteiger partial charge in [0.25, 0.3) is 0 Å². The predicted molar refractivity (Wildman–Crippen MR) is 105 cm³/mol. The van der Waals surface area contributed by atoms with Crippen molar-refractivity contribution in [3.63, 3.8) is 0 Å². The molecular weight excluding hydrogens is 360 g/mol. The summed E-state index contributed by atoms with van der Waals surface area (Å²) in [7, 11) is 1.64. The lowest BCUT2D eigenvalue weighted by Crippen LogP contribution is -2.12. The van der Waals surface area contributed by atoms with E-state index in [1.54, 1.807) is 7.11 Å². The van der Waals surface area contributed by atoms with Crippen molar-refractivity contribution in [2.75, 3.05) is 37.7 Å². The highest BCUT2D eigenvalue weighted by molar-refractivity contribution is 5.63. The Hall–Kier alpha value is -3.68. The van der Waals surface area contributed by atoms with Crippen LogP contribution in [-0.4, -0.2) is 37.0 Å². The van der Waals surface area contributed by atoms with Crippen molar-refractivity contribution in [3.05, 3.63) is 54.9 Å². The second-order valence-electron chi connectivity index (χ2n) is 5.93. The molecule has 1 aliphatic rings. The number of hydrogen-bond acceptors (Lipinski definition) is 8. The van der Waals surface area contributed by atoms with E-state index in [4.69, 9.17) is 18.9 Å². The monoisotopic (exact) mass is 380 g/mol. The van der Waals surface area contributed by atoms with E-state index in [-0.39, 0.29) is 6.79 Å². The van der Waals surface area contributed by atoms with Gasteiger partial charge in [-0.2, -0.15) is 0 Å². The van der Waals surface area contributed by atoms with Crippen LogP contribution < -0.4 is 29.6 Å². The van der Waals surface area contributed by atoms with E-state index in [0.717, 1.165) is 22.9 Å². The zero-order valence-corrected chi connectivity index (χ0v) is 15.3. The standard InChI is InChI=1S/C20H20N4O4/c1-25-15-3-5-16(6-4-15)26-9-8-21-19-11-20(23-12-22-19)24-14-2-7-17-18(10-14)28-13-27-17/h2-7,10-12H,8-9,13H2,1H3,(H2,21,22,23,24). The first kappa shape index (κ1) is 17.7. The van der Waals surface area contributed by atoms with E-state index in [1.807, 2.05) is 48.5 Å². The van der Waals surface area contributed by atoms with Gasteiger partial charge in [0, 0.05) is 17.8 Å². The first-order valence-corrected chi connectivity index (χ1v) is 8.79. The molecule has 0 saturated carbocycles. The molecule has 0 saturated heterocycles. The average Bonchev–Trinajstić information content (AvgIpc) is 3.20. The smallest absolute Gasteiger partial charge is 0.231 e. The van der Waals surface area contributed by atoms with Crippen LogP contribution in [0.1, 0.15) is 0 Å². The lowest BCUT2D eigenvalue weighted by Gasteiger charge is -2.10. The van der Waals surface area contributed by atoms with Crippen molar-refractivity contribution < 1.29 is 18.9 Å². The van der Waals surface area contributed by atoms with Crippen LogP contribution in [-0.2, 0) is 0 Å². The molecule has 2 N–H and O–H groups in total. The molecule has 4 rings (SSSR count). The molecule has 0 fully saturated rings. The van der Waals surface area contributed by atoms with E-state index < -0.39 is 0 Å². The molecule has 0 aliphatic carbocycles. The van der Waals surface area contributed by atoms with Gasteiger partial charge >= 0.3 is 0 Å². The summed E-state index contributed by atoms with van der Waals surface area (Å²) in [6.45, 7) is 1.35. The third-order valence-corrected chi connectivity index (χ3v) is 4.05. The molecule has 2 heterocycles. The molecule has 3 aromatic rings. The van der Waals surface area contributed by atoms with Crippen molar-refractivity contribution in [2.45, 2.75) is 0 Å². The Labute approximate surface area is 162 Å². The number of benzene rings is 2. The predicted octanol–water partition coefficient (Wildman–Crippen LogP) is 3.45. The van der Waals surface area contributed by atoms with E-state index in [2.05, 4.69) is 20.6 Å². The highest BCUT2D eigenvalue weighted by Gasteiger charge is 2.13. The maximum Gasteiger partial charge on any atom is 0.231 e. The molecule has 0 amide bonds. The normalized spacial score (nSPS) is 11.8. The van der Waals surface area contributed by atoms with Gasteiger partial charge in [-0.1, -0.05) is 0 Å². The van der Waals surface area contributed by atoms with Crippen LogP contribution in [0, 0.1) is 0 Å². The number of fused-ring (bicyclic) bond motifs is 1. The van der Waals surface area contributed by atoms with Gasteiger partial charge < -0.3 is 29.6 Å². The number of nitrogens with zero attached hydrogens (tertiary/aromatic N) is 2. The molecule has 0 spiro atoms. The zero-order chi connectivity index (χ0) is 19.2. The summed E-state index contributed by atoms with van der Waals surface area (Å²) in [4.78, 5) is 8.47. The molecule has 8 heteroatoms. The lowest BCUT2D eigenvalue weighted by atomic mass is 10.3. The van der Waals surface area contributed by atoms with E-state index in [1.165, 1.54) is 6.33 Å². The minimum atomic E-state index is 0.249. The molecular formula is C20H20N4O4. The molecule has 8 nitrogen and oxygen atoms in total. The minimum Gasteiger partial charge on any atom is -0.497 e. The van der Waals surface area contributed by atoms with Crippen LogP contribution in [0.25, 0.3) is 0 Å². The maximum absolute atomic E-state index is 5.69. The van der Waals surface area contributed by atoms with Gasteiger partial charge in [-0.05, 0) is 36.4 Å². The van der Waals surface area contributed by atoms with Crippen molar-refractivity contribution >= 4 is 17.3 Å². The van der Waals surface area contributed by atoms with Gasteiger partial charge in [0.15, 0.2) is 11.5 Å². The molecule has 2 aromatic carbocycles. The van der Waals surface area contributed by atoms with Gasteiger partial charge in [0.2, 0.25) is 6.79 Å². The van der Waals surface area contributed by atoms with Gasteiger partial charge in [-0.3, -0.25) is 0 Å². The first-order valence-electron chi connectivity index (χ1n) is 8.79. The summed E-state index contributed by atoms with van der Waals surface area (Å²) >= 11 is 0. The summed E-state index contributed by atoms with van der Waals surface area (Å²) in [5, 5.41) is 6.45. The summed E-state index contributed by atoms with van der Waals surface area (Å²) in [6.07, 6.45) is 1.50. The van der Waals surface area contributed by atoms with Gasteiger partial charge in [0.1, 0.15) is 36.1 Å². The SMILES string of the molecule is COc1ccc(OCCNc2cc(Nc3ccc4c(c3)OCO4)ncn2)cc1. The second-order valence-corrected chi connectivity index (χ2v) is 5.93. The largest absolute Gasteiger partial charge is 0.497 e. The van der Waals surface area contributed by atoms with E-state index in [9.17, 15) is 0 Å². The number of anilines is 3. The third-order valence-electron chi connectivity index (χ3n) is 4.05. The Morgan fingerprint density at radius 1 is 0.929 bits per heavy atom. The highest BCUT2D eigenvalue weighted by Crippen LogP contribution is 2.34. The lowest BCUT2D eigenvalue weighted by molar-refractivity contribution is 0.174. The number of hydrogen-bond donors (Lipinski definition) is 2. The summed E-state index contributed by atoms with van der Waals surface area (Å²) < 4.78 is 21.5. The van der Waals surface area contributed by atoms with Crippen LogP contribution in [0.3, 0.4) is 0 Å². The van der Waals surface area contributed by atoms with E-state index >= 15 is 0 Å². The number of nitrogens with one attached hydrogen (secondary N) is 2. The minimum absolute atomic E-state index is 0.249. The topological polar surface area (TPSA) is 86.8 Å².